The van der Waals surface area contributed by atoms with Crippen LogP contribution < -0.4 is 0 Å². The zero-order valence-electron chi connectivity index (χ0n) is 7.11. The molecule has 10 heavy (non-hydrogen) atoms. The van der Waals surface area contributed by atoms with Gasteiger partial charge in [0.15, 0.2) is 0 Å². The molecule has 0 aromatic heterocycles. The molecule has 1 fully saturated rings. The van der Waals surface area contributed by atoms with Gasteiger partial charge in [-0.25, -0.2) is 0 Å². The number of epoxide rings is 1. The lowest BCUT2D eigenvalue weighted by molar-refractivity contribution is 0.157. The second kappa shape index (κ2) is 2.09. The van der Waals surface area contributed by atoms with Crippen molar-refractivity contribution in [1.82, 2.24) is 0 Å². The fourth-order valence-corrected chi connectivity index (χ4v) is 1.18. The molecule has 1 heteroatoms. The first-order chi connectivity index (χ1) is 4.52. The Morgan fingerprint density at radius 1 is 1.60 bits per heavy atom. The molecule has 1 nitrogen and oxygen atoms in total. The summed E-state index contributed by atoms with van der Waals surface area (Å²) in [6.45, 7) is 11.3. The van der Waals surface area contributed by atoms with E-state index in [9.17, 15) is 0 Å². The van der Waals surface area contributed by atoms with Crippen molar-refractivity contribution in [3.8, 4) is 0 Å². The Bertz CT molecular complexity index is 137. The van der Waals surface area contributed by atoms with Crippen molar-refractivity contribution in [2.24, 2.45) is 5.41 Å². The molecule has 0 aliphatic carbocycles. The van der Waals surface area contributed by atoms with E-state index in [1.54, 1.807) is 0 Å². The predicted molar refractivity (Wildman–Crippen MR) is 43.0 cm³/mol. The van der Waals surface area contributed by atoms with Gasteiger partial charge in [-0.15, -0.1) is 6.58 Å². The summed E-state index contributed by atoms with van der Waals surface area (Å²) in [5, 5.41) is 0. The topological polar surface area (TPSA) is 12.5 Å². The first-order valence-corrected chi connectivity index (χ1v) is 3.77. The highest BCUT2D eigenvalue weighted by atomic mass is 16.6. The lowest BCUT2D eigenvalue weighted by Crippen LogP contribution is -2.29. The largest absolute Gasteiger partial charge is 0.369 e. The monoisotopic (exact) mass is 140 g/mol. The van der Waals surface area contributed by atoms with E-state index in [4.69, 9.17) is 4.74 Å². The van der Waals surface area contributed by atoms with Crippen molar-refractivity contribution in [3.63, 3.8) is 0 Å². The Morgan fingerprint density at radius 3 is 2.20 bits per heavy atom. The van der Waals surface area contributed by atoms with Crippen LogP contribution in [0.3, 0.4) is 0 Å². The molecule has 0 amide bonds. The summed E-state index contributed by atoms with van der Waals surface area (Å²) >= 11 is 0. The molecule has 1 atom stereocenters. The molecule has 0 radical (unpaired) electrons. The maximum absolute atomic E-state index is 5.43. The van der Waals surface area contributed by atoms with Crippen LogP contribution in [-0.4, -0.2) is 12.2 Å². The molecule has 1 heterocycles. The van der Waals surface area contributed by atoms with Gasteiger partial charge in [-0.05, 0) is 11.8 Å². The van der Waals surface area contributed by atoms with Gasteiger partial charge in [-0.2, -0.15) is 0 Å². The first kappa shape index (κ1) is 7.80. The van der Waals surface area contributed by atoms with Crippen molar-refractivity contribution < 1.29 is 4.74 Å². The van der Waals surface area contributed by atoms with Crippen LogP contribution >= 0.6 is 0 Å². The quantitative estimate of drug-likeness (QED) is 0.424. The normalized spacial score (nSPS) is 31.9. The molecule has 0 saturated carbocycles. The Kier molecular flexibility index (Phi) is 1.63. The minimum absolute atomic E-state index is 0.120. The van der Waals surface area contributed by atoms with E-state index >= 15 is 0 Å². The molecule has 0 aromatic carbocycles. The van der Waals surface area contributed by atoms with Gasteiger partial charge in [0.2, 0.25) is 0 Å². The van der Waals surface area contributed by atoms with E-state index in [2.05, 4.69) is 27.4 Å². The van der Waals surface area contributed by atoms with E-state index < -0.39 is 0 Å². The van der Waals surface area contributed by atoms with Crippen LogP contribution in [0.25, 0.3) is 0 Å². The average molecular weight is 140 g/mol. The molecule has 58 valence electrons. The van der Waals surface area contributed by atoms with Crippen LogP contribution in [0.2, 0.25) is 0 Å². The Morgan fingerprint density at radius 2 is 2.10 bits per heavy atom. The van der Waals surface area contributed by atoms with Crippen molar-refractivity contribution in [2.45, 2.75) is 32.8 Å². The molecule has 0 aromatic rings. The third-order valence-corrected chi connectivity index (χ3v) is 2.33. The number of hydrogen-bond acceptors (Lipinski definition) is 1. The molecule has 0 bridgehead atoms. The van der Waals surface area contributed by atoms with Crippen molar-refractivity contribution >= 4 is 0 Å². The van der Waals surface area contributed by atoms with E-state index in [1.807, 2.05) is 6.08 Å². The average Bonchev–Trinajstić information content (AvgIpc) is 2.45. The molecule has 1 unspecified atom stereocenters. The summed E-state index contributed by atoms with van der Waals surface area (Å²) in [6.07, 6.45) is 2.93. The zero-order chi connectivity index (χ0) is 7.83. The van der Waals surface area contributed by atoms with Gasteiger partial charge in [0.05, 0.1) is 12.2 Å². The van der Waals surface area contributed by atoms with E-state index in [1.165, 1.54) is 0 Å². The van der Waals surface area contributed by atoms with Gasteiger partial charge in [-0.1, -0.05) is 26.8 Å². The highest BCUT2D eigenvalue weighted by Gasteiger charge is 2.52. The Labute approximate surface area is 63.1 Å². The standard InChI is InChI=1S/C9H16O/c1-5-6-9(7-10-9)8(2,3)4/h5H,1,6-7H2,2-4H3. The first-order valence-electron chi connectivity index (χ1n) is 3.77. The zero-order valence-corrected chi connectivity index (χ0v) is 7.11. The summed E-state index contributed by atoms with van der Waals surface area (Å²) < 4.78 is 5.43. The SMILES string of the molecule is C=CCC1(C(C)(C)C)CO1. The van der Waals surface area contributed by atoms with Gasteiger partial charge in [0, 0.05) is 0 Å². The smallest absolute Gasteiger partial charge is 0.0998 e. The summed E-state index contributed by atoms with van der Waals surface area (Å²) in [6, 6.07) is 0. The van der Waals surface area contributed by atoms with Gasteiger partial charge in [0.1, 0.15) is 0 Å². The molecular weight excluding hydrogens is 124 g/mol. The maximum atomic E-state index is 5.43. The summed E-state index contributed by atoms with van der Waals surface area (Å²) in [7, 11) is 0. The van der Waals surface area contributed by atoms with Crippen LogP contribution in [0.5, 0.6) is 0 Å². The third-order valence-electron chi connectivity index (χ3n) is 2.33. The lowest BCUT2D eigenvalue weighted by Gasteiger charge is -2.26. The molecule has 1 rings (SSSR count). The molecule has 0 spiro atoms. The van der Waals surface area contributed by atoms with Crippen LogP contribution in [0.15, 0.2) is 12.7 Å². The van der Waals surface area contributed by atoms with Crippen molar-refractivity contribution in [3.05, 3.63) is 12.7 Å². The minimum Gasteiger partial charge on any atom is -0.369 e. The van der Waals surface area contributed by atoms with Gasteiger partial charge in [0.25, 0.3) is 0 Å². The fraction of sp³-hybridized carbons (Fsp3) is 0.778. The number of rotatable bonds is 2. The molecule has 0 N–H and O–H groups in total. The molecular formula is C9H16O. The lowest BCUT2D eigenvalue weighted by atomic mass is 9.79. The van der Waals surface area contributed by atoms with E-state index in [0.717, 1.165) is 13.0 Å². The molecule has 1 aliphatic heterocycles. The van der Waals surface area contributed by atoms with Crippen LogP contribution in [0, 0.1) is 5.41 Å². The summed E-state index contributed by atoms with van der Waals surface area (Å²) in [4.78, 5) is 0. The fourth-order valence-electron chi connectivity index (χ4n) is 1.18. The van der Waals surface area contributed by atoms with Crippen LogP contribution in [0.4, 0.5) is 0 Å². The highest BCUT2D eigenvalue weighted by Crippen LogP contribution is 2.46. The highest BCUT2D eigenvalue weighted by molar-refractivity contribution is 5.05. The van der Waals surface area contributed by atoms with Crippen LogP contribution in [-0.2, 0) is 4.74 Å². The predicted octanol–water partition coefficient (Wildman–Crippen LogP) is 2.38. The van der Waals surface area contributed by atoms with Crippen molar-refractivity contribution in [1.29, 1.82) is 0 Å². The van der Waals surface area contributed by atoms with E-state index in [-0.39, 0.29) is 11.0 Å². The van der Waals surface area contributed by atoms with Crippen LogP contribution in [0.1, 0.15) is 27.2 Å². The molecule has 1 aliphatic rings. The summed E-state index contributed by atoms with van der Waals surface area (Å²) in [5.74, 6) is 0. The second-order valence-electron chi connectivity index (χ2n) is 4.03. The number of hydrogen-bond donors (Lipinski definition) is 0. The van der Waals surface area contributed by atoms with Crippen molar-refractivity contribution in [2.75, 3.05) is 6.61 Å². The third kappa shape index (κ3) is 1.10. The minimum atomic E-state index is 0.120. The van der Waals surface area contributed by atoms with Gasteiger partial charge in [-0.3, -0.25) is 0 Å². The number of ether oxygens (including phenoxy) is 1. The second-order valence-corrected chi connectivity index (χ2v) is 4.03. The van der Waals surface area contributed by atoms with Gasteiger partial charge < -0.3 is 4.74 Å². The Balaban J connectivity index is 2.60. The maximum Gasteiger partial charge on any atom is 0.0998 e. The molecule has 1 saturated heterocycles. The Hall–Kier alpha value is -0.300. The summed E-state index contributed by atoms with van der Waals surface area (Å²) in [5.41, 5.74) is 0.385. The van der Waals surface area contributed by atoms with E-state index in [0.29, 0.717) is 0 Å². The van der Waals surface area contributed by atoms with Gasteiger partial charge >= 0.3 is 0 Å².